The van der Waals surface area contributed by atoms with Gasteiger partial charge in [0.2, 0.25) is 0 Å². The molecule has 1 heterocycles. The van der Waals surface area contributed by atoms with Crippen LogP contribution in [0.4, 0.5) is 0 Å². The van der Waals surface area contributed by atoms with Crippen LogP contribution in [0, 0.1) is 12.8 Å². The number of hydrogen-bond donors (Lipinski definition) is 1. The van der Waals surface area contributed by atoms with Gasteiger partial charge in [-0.1, -0.05) is 57.9 Å². The Morgan fingerprint density at radius 2 is 1.83 bits per heavy atom. The number of primary amides is 1. The van der Waals surface area contributed by atoms with Crippen molar-refractivity contribution in [3.05, 3.63) is 47.2 Å². The molecule has 0 spiro atoms. The van der Waals surface area contributed by atoms with E-state index in [0.717, 1.165) is 29.9 Å². The third kappa shape index (κ3) is 4.28. The number of nitrogens with two attached hydrogens (primary N) is 1. The summed E-state index contributed by atoms with van der Waals surface area (Å²) < 4.78 is 2.22. The molecule has 0 aliphatic carbocycles. The molecule has 0 atom stereocenters. The number of nitrogens with zero attached hydrogens (tertiary/aromatic N) is 1. The Labute approximate surface area is 145 Å². The fourth-order valence-electron chi connectivity index (χ4n) is 3.16. The monoisotopic (exact) mass is 326 g/mol. The summed E-state index contributed by atoms with van der Waals surface area (Å²) in [5.74, 6) is 0.149. The quantitative estimate of drug-likeness (QED) is 0.685. The van der Waals surface area contributed by atoms with Crippen molar-refractivity contribution in [2.24, 2.45) is 11.7 Å². The summed E-state index contributed by atoms with van der Waals surface area (Å²) in [6, 6.07) is 10.7. The molecular weight excluding hydrogens is 296 g/mol. The standard InChI is InChI=1S/C21H30N2O/c1-5-6-7-8-17-9-11-18(12-10-17)20-13-19(21(22)24)16(4)23(20)14-15(2)3/h9-13,15H,5-8,14H2,1-4H3,(H2,22,24). The van der Waals surface area contributed by atoms with E-state index >= 15 is 0 Å². The molecule has 1 amide bonds. The maximum absolute atomic E-state index is 11.7. The number of rotatable bonds is 8. The molecule has 2 rings (SSSR count). The minimum Gasteiger partial charge on any atom is -0.366 e. The second-order valence-corrected chi connectivity index (χ2v) is 7.05. The van der Waals surface area contributed by atoms with Gasteiger partial charge in [0.05, 0.1) is 5.56 Å². The smallest absolute Gasteiger partial charge is 0.250 e. The maximum atomic E-state index is 11.7. The summed E-state index contributed by atoms with van der Waals surface area (Å²) in [6.45, 7) is 9.45. The first-order chi connectivity index (χ1) is 11.4. The van der Waals surface area contributed by atoms with Crippen LogP contribution < -0.4 is 5.73 Å². The third-order valence-corrected chi connectivity index (χ3v) is 4.50. The van der Waals surface area contributed by atoms with E-state index in [4.69, 9.17) is 5.73 Å². The molecule has 1 aromatic heterocycles. The van der Waals surface area contributed by atoms with E-state index in [1.165, 1.54) is 24.8 Å². The molecular formula is C21H30N2O. The first kappa shape index (κ1) is 18.3. The zero-order valence-corrected chi connectivity index (χ0v) is 15.4. The van der Waals surface area contributed by atoms with Gasteiger partial charge in [0.25, 0.3) is 5.91 Å². The van der Waals surface area contributed by atoms with E-state index in [9.17, 15) is 4.79 Å². The van der Waals surface area contributed by atoms with Gasteiger partial charge in [-0.15, -0.1) is 0 Å². The van der Waals surface area contributed by atoms with Gasteiger partial charge in [-0.3, -0.25) is 4.79 Å². The zero-order chi connectivity index (χ0) is 17.7. The van der Waals surface area contributed by atoms with Crippen LogP contribution in [0.2, 0.25) is 0 Å². The van der Waals surface area contributed by atoms with Gasteiger partial charge in [0, 0.05) is 17.9 Å². The van der Waals surface area contributed by atoms with Crippen molar-refractivity contribution in [3.8, 4) is 11.3 Å². The predicted octanol–water partition coefficient (Wildman–Crippen LogP) is 4.95. The van der Waals surface area contributed by atoms with E-state index in [-0.39, 0.29) is 5.91 Å². The van der Waals surface area contributed by atoms with Crippen LogP contribution >= 0.6 is 0 Å². The number of aryl methyl sites for hydroxylation is 1. The highest BCUT2D eigenvalue weighted by molar-refractivity contribution is 5.95. The average molecular weight is 326 g/mol. The van der Waals surface area contributed by atoms with Gasteiger partial charge in [-0.2, -0.15) is 0 Å². The highest BCUT2D eigenvalue weighted by Crippen LogP contribution is 2.27. The Bertz CT molecular complexity index is 681. The van der Waals surface area contributed by atoms with Crippen LogP contribution in [0.1, 0.15) is 61.6 Å². The van der Waals surface area contributed by atoms with E-state index in [2.05, 4.69) is 49.6 Å². The van der Waals surface area contributed by atoms with E-state index < -0.39 is 0 Å². The summed E-state index contributed by atoms with van der Waals surface area (Å²) in [6.07, 6.45) is 4.90. The topological polar surface area (TPSA) is 48.0 Å². The lowest BCUT2D eigenvalue weighted by atomic mass is 10.0. The molecule has 24 heavy (non-hydrogen) atoms. The van der Waals surface area contributed by atoms with Crippen molar-refractivity contribution in [3.63, 3.8) is 0 Å². The fourth-order valence-corrected chi connectivity index (χ4v) is 3.16. The zero-order valence-electron chi connectivity index (χ0n) is 15.4. The second-order valence-electron chi connectivity index (χ2n) is 7.05. The molecule has 0 radical (unpaired) electrons. The largest absolute Gasteiger partial charge is 0.366 e. The highest BCUT2D eigenvalue weighted by atomic mass is 16.1. The Hall–Kier alpha value is -2.03. The number of unbranched alkanes of at least 4 members (excludes halogenated alkanes) is 2. The molecule has 2 N–H and O–H groups in total. The fraction of sp³-hybridized carbons (Fsp3) is 0.476. The summed E-state index contributed by atoms with van der Waals surface area (Å²) in [4.78, 5) is 11.7. The van der Waals surface area contributed by atoms with Gasteiger partial charge < -0.3 is 10.3 Å². The van der Waals surface area contributed by atoms with Crippen molar-refractivity contribution in [2.75, 3.05) is 0 Å². The molecule has 3 heteroatoms. The second kappa shape index (κ2) is 8.18. The number of carbonyl (C=O) groups excluding carboxylic acids is 1. The van der Waals surface area contributed by atoms with Crippen molar-refractivity contribution >= 4 is 5.91 Å². The normalized spacial score (nSPS) is 11.2. The molecule has 3 nitrogen and oxygen atoms in total. The van der Waals surface area contributed by atoms with Crippen LogP contribution in [0.15, 0.2) is 30.3 Å². The first-order valence-corrected chi connectivity index (χ1v) is 9.03. The molecule has 0 bridgehead atoms. The van der Waals surface area contributed by atoms with Crippen molar-refractivity contribution in [2.45, 2.75) is 59.9 Å². The number of aromatic nitrogens is 1. The van der Waals surface area contributed by atoms with Gasteiger partial charge in [-0.05, 0) is 42.9 Å². The number of amides is 1. The SMILES string of the molecule is CCCCCc1ccc(-c2cc(C(N)=O)c(C)n2CC(C)C)cc1. The Kier molecular flexibility index (Phi) is 6.24. The molecule has 0 aliphatic heterocycles. The van der Waals surface area contributed by atoms with Gasteiger partial charge in [-0.25, -0.2) is 0 Å². The Morgan fingerprint density at radius 1 is 1.17 bits per heavy atom. The molecule has 0 saturated heterocycles. The van der Waals surface area contributed by atoms with Crippen LogP contribution in [-0.2, 0) is 13.0 Å². The molecule has 0 aliphatic rings. The lowest BCUT2D eigenvalue weighted by Gasteiger charge is -2.14. The van der Waals surface area contributed by atoms with Crippen molar-refractivity contribution in [1.29, 1.82) is 0 Å². The van der Waals surface area contributed by atoms with Crippen LogP contribution in [0.3, 0.4) is 0 Å². The lowest BCUT2D eigenvalue weighted by molar-refractivity contribution is 0.0999. The number of carbonyl (C=O) groups is 1. The third-order valence-electron chi connectivity index (χ3n) is 4.50. The lowest BCUT2D eigenvalue weighted by Crippen LogP contribution is -2.13. The molecule has 0 saturated carbocycles. The van der Waals surface area contributed by atoms with Crippen LogP contribution in [0.25, 0.3) is 11.3 Å². The average Bonchev–Trinajstić information content (AvgIpc) is 2.85. The number of benzene rings is 1. The molecule has 0 fully saturated rings. The molecule has 0 unspecified atom stereocenters. The van der Waals surface area contributed by atoms with E-state index in [1.54, 1.807) is 0 Å². The molecule has 130 valence electrons. The Balaban J connectivity index is 2.33. The maximum Gasteiger partial charge on any atom is 0.250 e. The minimum atomic E-state index is -0.354. The summed E-state index contributed by atoms with van der Waals surface area (Å²) in [5, 5.41) is 0. The van der Waals surface area contributed by atoms with Crippen molar-refractivity contribution < 1.29 is 4.79 Å². The molecule has 2 aromatic rings. The van der Waals surface area contributed by atoms with E-state index in [1.807, 2.05) is 13.0 Å². The van der Waals surface area contributed by atoms with Crippen LogP contribution in [-0.4, -0.2) is 10.5 Å². The Morgan fingerprint density at radius 3 is 2.38 bits per heavy atom. The van der Waals surface area contributed by atoms with Gasteiger partial charge in [0.15, 0.2) is 0 Å². The first-order valence-electron chi connectivity index (χ1n) is 9.03. The van der Waals surface area contributed by atoms with E-state index in [0.29, 0.717) is 11.5 Å². The number of hydrogen-bond acceptors (Lipinski definition) is 1. The predicted molar refractivity (Wildman–Crippen MR) is 101 cm³/mol. The molecule has 1 aromatic carbocycles. The van der Waals surface area contributed by atoms with Gasteiger partial charge in [0.1, 0.15) is 0 Å². The summed E-state index contributed by atoms with van der Waals surface area (Å²) in [5.41, 5.74) is 10.7. The highest BCUT2D eigenvalue weighted by Gasteiger charge is 2.17. The summed E-state index contributed by atoms with van der Waals surface area (Å²) >= 11 is 0. The summed E-state index contributed by atoms with van der Waals surface area (Å²) in [7, 11) is 0. The van der Waals surface area contributed by atoms with Gasteiger partial charge >= 0.3 is 0 Å². The van der Waals surface area contributed by atoms with Crippen molar-refractivity contribution in [1.82, 2.24) is 4.57 Å². The van der Waals surface area contributed by atoms with Crippen LogP contribution in [0.5, 0.6) is 0 Å². The minimum absolute atomic E-state index is 0.354.